The molecule has 0 aromatic heterocycles. The standard InChI is InChI=1S/C20H28O2/c1-3-12-11-20(2)17(8-9-18(20)22)16-6-4-13-10-14(21)5-7-15(13)19(12)16/h5,7,10,12,16-19,21-22H,3-4,6,8-9,11H2,1-2H3/t12-,16?,17?,18-,19?,20?/m0/s1. The van der Waals surface area contributed by atoms with E-state index in [4.69, 9.17) is 0 Å². The first-order valence-electron chi connectivity index (χ1n) is 9.04. The molecule has 2 heteroatoms. The highest BCUT2D eigenvalue weighted by molar-refractivity contribution is 5.40. The zero-order chi connectivity index (χ0) is 15.5. The summed E-state index contributed by atoms with van der Waals surface area (Å²) in [6, 6.07) is 6.03. The van der Waals surface area contributed by atoms with Crippen molar-refractivity contribution in [1.29, 1.82) is 0 Å². The summed E-state index contributed by atoms with van der Waals surface area (Å²) in [5.74, 6) is 3.11. The van der Waals surface area contributed by atoms with Crippen molar-refractivity contribution in [3.8, 4) is 5.75 Å². The van der Waals surface area contributed by atoms with Gasteiger partial charge in [0.2, 0.25) is 0 Å². The summed E-state index contributed by atoms with van der Waals surface area (Å²) in [5.41, 5.74) is 2.99. The molecular formula is C20H28O2. The number of aliphatic hydroxyl groups is 1. The van der Waals surface area contributed by atoms with Crippen molar-refractivity contribution < 1.29 is 10.2 Å². The van der Waals surface area contributed by atoms with E-state index in [1.165, 1.54) is 30.4 Å². The highest BCUT2D eigenvalue weighted by Crippen LogP contribution is 2.63. The highest BCUT2D eigenvalue weighted by Gasteiger charge is 2.57. The zero-order valence-corrected chi connectivity index (χ0v) is 13.8. The molecule has 2 N–H and O–H groups in total. The molecule has 1 aromatic carbocycles. The van der Waals surface area contributed by atoms with Crippen molar-refractivity contribution in [2.45, 2.75) is 64.4 Å². The minimum atomic E-state index is -0.103. The van der Waals surface area contributed by atoms with Crippen molar-refractivity contribution >= 4 is 0 Å². The largest absolute Gasteiger partial charge is 0.508 e. The Labute approximate surface area is 133 Å². The van der Waals surface area contributed by atoms with E-state index in [9.17, 15) is 10.2 Å². The van der Waals surface area contributed by atoms with Crippen LogP contribution in [0.3, 0.4) is 0 Å². The fraction of sp³-hybridized carbons (Fsp3) is 0.700. The summed E-state index contributed by atoms with van der Waals surface area (Å²) in [4.78, 5) is 0. The second kappa shape index (κ2) is 4.99. The molecule has 6 atom stereocenters. The molecule has 2 fully saturated rings. The number of phenolic OH excluding ortho intramolecular Hbond substituents is 1. The van der Waals surface area contributed by atoms with Crippen LogP contribution < -0.4 is 0 Å². The Kier molecular flexibility index (Phi) is 3.30. The van der Waals surface area contributed by atoms with Gasteiger partial charge in [-0.1, -0.05) is 26.3 Å². The van der Waals surface area contributed by atoms with Gasteiger partial charge in [-0.25, -0.2) is 0 Å². The van der Waals surface area contributed by atoms with Crippen LogP contribution in [0.5, 0.6) is 5.75 Å². The first-order valence-corrected chi connectivity index (χ1v) is 9.04. The first kappa shape index (κ1) is 14.6. The monoisotopic (exact) mass is 300 g/mol. The molecule has 4 unspecified atom stereocenters. The summed E-state index contributed by atoms with van der Waals surface area (Å²) in [7, 11) is 0. The Morgan fingerprint density at radius 1 is 1.23 bits per heavy atom. The Hall–Kier alpha value is -1.02. The second-order valence-corrected chi connectivity index (χ2v) is 8.19. The van der Waals surface area contributed by atoms with Gasteiger partial charge in [0.05, 0.1) is 6.10 Å². The lowest BCUT2D eigenvalue weighted by Crippen LogP contribution is -2.47. The van der Waals surface area contributed by atoms with Gasteiger partial charge < -0.3 is 10.2 Å². The van der Waals surface area contributed by atoms with Crippen molar-refractivity contribution in [2.75, 3.05) is 0 Å². The van der Waals surface area contributed by atoms with Gasteiger partial charge in [-0.15, -0.1) is 0 Å². The van der Waals surface area contributed by atoms with Crippen LogP contribution in [-0.2, 0) is 6.42 Å². The Morgan fingerprint density at radius 3 is 2.82 bits per heavy atom. The van der Waals surface area contributed by atoms with Gasteiger partial charge in [0.25, 0.3) is 0 Å². The summed E-state index contributed by atoms with van der Waals surface area (Å²) >= 11 is 0. The average molecular weight is 300 g/mol. The molecule has 3 aliphatic carbocycles. The molecule has 0 heterocycles. The molecule has 2 saturated carbocycles. The normalized spacial score (nSPS) is 43.3. The van der Waals surface area contributed by atoms with E-state index in [-0.39, 0.29) is 11.5 Å². The summed E-state index contributed by atoms with van der Waals surface area (Å²) in [5, 5.41) is 20.4. The van der Waals surface area contributed by atoms with Crippen LogP contribution in [-0.4, -0.2) is 16.3 Å². The predicted molar refractivity (Wildman–Crippen MR) is 87.9 cm³/mol. The van der Waals surface area contributed by atoms with Crippen molar-refractivity contribution in [1.82, 2.24) is 0 Å². The number of benzene rings is 1. The maximum absolute atomic E-state index is 10.6. The van der Waals surface area contributed by atoms with Crippen molar-refractivity contribution in [2.24, 2.45) is 23.2 Å². The Balaban J connectivity index is 1.78. The Bertz CT molecular complexity index is 581. The van der Waals surface area contributed by atoms with Crippen molar-refractivity contribution in [3.63, 3.8) is 0 Å². The molecule has 0 radical (unpaired) electrons. The fourth-order valence-corrected chi connectivity index (χ4v) is 6.25. The SMILES string of the molecule is CC[C@H]1CC2(C)C(CC[C@@H]2O)C2CCc3cc(O)ccc3C21. The zero-order valence-electron chi connectivity index (χ0n) is 13.8. The number of fused-ring (bicyclic) bond motifs is 5. The van der Waals surface area contributed by atoms with E-state index in [1.54, 1.807) is 0 Å². The minimum Gasteiger partial charge on any atom is -0.508 e. The van der Waals surface area contributed by atoms with Crippen LogP contribution in [0.4, 0.5) is 0 Å². The van der Waals surface area contributed by atoms with Gasteiger partial charge in [0, 0.05) is 0 Å². The molecule has 0 aliphatic heterocycles. The lowest BCUT2D eigenvalue weighted by Gasteiger charge is -2.53. The number of aliphatic hydroxyl groups excluding tert-OH is 1. The van der Waals surface area contributed by atoms with Crippen LogP contribution in [0.25, 0.3) is 0 Å². The molecule has 0 saturated heterocycles. The molecule has 0 bridgehead atoms. The van der Waals surface area contributed by atoms with Crippen LogP contribution in [0.1, 0.15) is 63.0 Å². The van der Waals surface area contributed by atoms with Gasteiger partial charge in [-0.3, -0.25) is 0 Å². The molecule has 22 heavy (non-hydrogen) atoms. The number of aromatic hydroxyl groups is 1. The van der Waals surface area contributed by atoms with E-state index in [2.05, 4.69) is 19.9 Å². The number of rotatable bonds is 1. The molecule has 0 amide bonds. The van der Waals surface area contributed by atoms with Gasteiger partial charge in [0.15, 0.2) is 0 Å². The summed E-state index contributed by atoms with van der Waals surface area (Å²) in [6.45, 7) is 4.65. The number of aryl methyl sites for hydroxylation is 1. The lowest BCUT2D eigenvalue weighted by atomic mass is 9.51. The highest BCUT2D eigenvalue weighted by atomic mass is 16.3. The number of hydrogen-bond donors (Lipinski definition) is 2. The summed E-state index contributed by atoms with van der Waals surface area (Å²) in [6.07, 6.45) is 6.75. The second-order valence-electron chi connectivity index (χ2n) is 8.19. The number of hydrogen-bond acceptors (Lipinski definition) is 2. The topological polar surface area (TPSA) is 40.5 Å². The third-order valence-electron chi connectivity index (χ3n) is 7.30. The smallest absolute Gasteiger partial charge is 0.115 e. The maximum atomic E-state index is 10.6. The number of phenols is 1. The third-order valence-corrected chi connectivity index (χ3v) is 7.30. The predicted octanol–water partition coefficient (Wildman–Crippen LogP) is 4.25. The van der Waals surface area contributed by atoms with Gasteiger partial charge in [0.1, 0.15) is 5.75 Å². The molecular weight excluding hydrogens is 272 g/mol. The van der Waals surface area contributed by atoms with Gasteiger partial charge in [-0.2, -0.15) is 0 Å². The average Bonchev–Trinajstić information content (AvgIpc) is 2.81. The quantitative estimate of drug-likeness (QED) is 0.814. The van der Waals surface area contributed by atoms with E-state index in [0.717, 1.165) is 25.2 Å². The fourth-order valence-electron chi connectivity index (χ4n) is 6.25. The first-order chi connectivity index (χ1) is 10.5. The molecule has 4 rings (SSSR count). The lowest BCUT2D eigenvalue weighted by molar-refractivity contribution is -0.0487. The molecule has 3 aliphatic rings. The van der Waals surface area contributed by atoms with Crippen LogP contribution in [0, 0.1) is 23.2 Å². The molecule has 0 spiro atoms. The van der Waals surface area contributed by atoms with Crippen molar-refractivity contribution in [3.05, 3.63) is 29.3 Å². The molecule has 2 nitrogen and oxygen atoms in total. The molecule has 1 aromatic rings. The van der Waals surface area contributed by atoms with Gasteiger partial charge >= 0.3 is 0 Å². The van der Waals surface area contributed by atoms with E-state index in [0.29, 0.717) is 23.5 Å². The van der Waals surface area contributed by atoms with Gasteiger partial charge in [-0.05, 0) is 84.5 Å². The van der Waals surface area contributed by atoms with Crippen LogP contribution in [0.15, 0.2) is 18.2 Å². The van der Waals surface area contributed by atoms with Crippen LogP contribution >= 0.6 is 0 Å². The maximum Gasteiger partial charge on any atom is 0.115 e. The van der Waals surface area contributed by atoms with E-state index < -0.39 is 0 Å². The van der Waals surface area contributed by atoms with Crippen LogP contribution in [0.2, 0.25) is 0 Å². The van der Waals surface area contributed by atoms with E-state index >= 15 is 0 Å². The van der Waals surface area contributed by atoms with E-state index in [1.807, 2.05) is 12.1 Å². The third kappa shape index (κ3) is 1.89. The minimum absolute atomic E-state index is 0.103. The molecule has 120 valence electrons. The Morgan fingerprint density at radius 2 is 2.05 bits per heavy atom. The summed E-state index contributed by atoms with van der Waals surface area (Å²) < 4.78 is 0.